The first kappa shape index (κ1) is 18.6. The number of rotatable bonds is 5. The molecule has 1 fully saturated rings. The third-order valence-corrected chi connectivity index (χ3v) is 5.69. The van der Waals surface area contributed by atoms with Crippen molar-refractivity contribution in [3.63, 3.8) is 0 Å². The topological polar surface area (TPSA) is 29.1 Å². The summed E-state index contributed by atoms with van der Waals surface area (Å²) < 4.78 is 14.7. The van der Waals surface area contributed by atoms with Crippen LogP contribution in [-0.4, -0.2) is 11.9 Å². The summed E-state index contributed by atoms with van der Waals surface area (Å²) in [6.07, 6.45) is 6.14. The zero-order valence-electron chi connectivity index (χ0n) is 15.7. The van der Waals surface area contributed by atoms with Crippen molar-refractivity contribution in [1.29, 1.82) is 0 Å². The fourth-order valence-electron chi connectivity index (χ4n) is 3.93. The summed E-state index contributed by atoms with van der Waals surface area (Å²) in [5, 5.41) is 3.12. The van der Waals surface area contributed by atoms with Crippen molar-refractivity contribution < 1.29 is 9.18 Å². The third kappa shape index (κ3) is 4.32. The molecule has 2 aromatic carbocycles. The van der Waals surface area contributed by atoms with Gasteiger partial charge in [-0.3, -0.25) is 4.79 Å². The molecule has 0 heterocycles. The lowest BCUT2D eigenvalue weighted by Crippen LogP contribution is -2.40. The quantitative estimate of drug-likeness (QED) is 0.736. The lowest BCUT2D eigenvalue weighted by atomic mass is 9.84. The summed E-state index contributed by atoms with van der Waals surface area (Å²) in [5.74, 6) is -0.357. The van der Waals surface area contributed by atoms with E-state index in [1.807, 2.05) is 36.4 Å². The van der Waals surface area contributed by atoms with Gasteiger partial charge in [0.2, 0.25) is 5.91 Å². The molecule has 2 aromatic rings. The largest absolute Gasteiger partial charge is 0.353 e. The Kier molecular flexibility index (Phi) is 6.08. The van der Waals surface area contributed by atoms with Crippen molar-refractivity contribution >= 4 is 5.91 Å². The summed E-state index contributed by atoms with van der Waals surface area (Å²) in [7, 11) is 0. The van der Waals surface area contributed by atoms with Gasteiger partial charge in [0.1, 0.15) is 5.82 Å². The molecule has 0 aromatic heterocycles. The van der Waals surface area contributed by atoms with Gasteiger partial charge in [-0.15, -0.1) is 0 Å². The van der Waals surface area contributed by atoms with Crippen LogP contribution in [-0.2, 0) is 4.79 Å². The normalized spacial score (nSPS) is 17.5. The second-order valence-electron chi connectivity index (χ2n) is 7.52. The summed E-state index contributed by atoms with van der Waals surface area (Å²) in [4.78, 5) is 12.6. The van der Waals surface area contributed by atoms with Crippen LogP contribution in [0.1, 0.15) is 57.4 Å². The van der Waals surface area contributed by atoms with Crippen LogP contribution in [0, 0.1) is 11.7 Å². The predicted octanol–water partition coefficient (Wildman–Crippen LogP) is 5.68. The number of amides is 1. The maximum atomic E-state index is 14.7. The number of hydrogen-bond acceptors (Lipinski definition) is 1. The van der Waals surface area contributed by atoms with Crippen LogP contribution in [0.15, 0.2) is 48.5 Å². The molecular weight excluding hydrogens is 325 g/mol. The zero-order valence-corrected chi connectivity index (χ0v) is 15.7. The molecule has 3 rings (SSSR count). The molecule has 2 nitrogen and oxygen atoms in total. The maximum absolute atomic E-state index is 14.7. The van der Waals surface area contributed by atoms with Crippen molar-refractivity contribution in [2.24, 2.45) is 5.92 Å². The highest BCUT2D eigenvalue weighted by molar-refractivity contribution is 5.83. The lowest BCUT2D eigenvalue weighted by molar-refractivity contribution is -0.123. The van der Waals surface area contributed by atoms with Gasteiger partial charge in [-0.05, 0) is 55.4 Å². The van der Waals surface area contributed by atoms with Crippen LogP contribution in [0.5, 0.6) is 0 Å². The van der Waals surface area contributed by atoms with Gasteiger partial charge in [0.25, 0.3) is 0 Å². The van der Waals surface area contributed by atoms with Gasteiger partial charge in [0.05, 0.1) is 5.92 Å². The maximum Gasteiger partial charge on any atom is 0.227 e. The Labute approximate surface area is 155 Å². The summed E-state index contributed by atoms with van der Waals surface area (Å²) in [6, 6.07) is 15.0. The van der Waals surface area contributed by atoms with E-state index in [1.54, 1.807) is 13.0 Å². The number of carbonyl (C=O) groups excluding carboxylic acids is 1. The molecule has 1 unspecified atom stereocenters. The van der Waals surface area contributed by atoms with E-state index in [4.69, 9.17) is 0 Å². The summed E-state index contributed by atoms with van der Waals surface area (Å²) >= 11 is 0. The van der Waals surface area contributed by atoms with Crippen LogP contribution in [0.2, 0.25) is 0 Å². The van der Waals surface area contributed by atoms with Crippen molar-refractivity contribution in [3.8, 4) is 11.1 Å². The number of hydrogen-bond donors (Lipinski definition) is 1. The zero-order chi connectivity index (χ0) is 18.5. The molecule has 0 spiro atoms. The minimum Gasteiger partial charge on any atom is -0.353 e. The van der Waals surface area contributed by atoms with Crippen molar-refractivity contribution in [1.82, 2.24) is 5.32 Å². The molecule has 1 aliphatic rings. The average Bonchev–Trinajstić information content (AvgIpc) is 2.68. The lowest BCUT2D eigenvalue weighted by Gasteiger charge is -2.29. The van der Waals surface area contributed by atoms with Gasteiger partial charge in [-0.25, -0.2) is 4.39 Å². The Balaban J connectivity index is 1.68. The van der Waals surface area contributed by atoms with Gasteiger partial charge >= 0.3 is 0 Å². The SMILES string of the molecule is CC(C(=O)N[C@H](C)C1CCCCC1)c1ccc(-c2ccccc2)cc1F. The number of carbonyl (C=O) groups is 1. The fraction of sp³-hybridized carbons (Fsp3) is 0.435. The number of nitrogens with one attached hydrogen (secondary N) is 1. The first-order valence-electron chi connectivity index (χ1n) is 9.71. The highest BCUT2D eigenvalue weighted by atomic mass is 19.1. The fourth-order valence-corrected chi connectivity index (χ4v) is 3.93. The molecule has 1 N–H and O–H groups in total. The molecule has 2 atom stereocenters. The first-order chi connectivity index (χ1) is 12.6. The number of halogens is 1. The van der Waals surface area contributed by atoms with E-state index in [2.05, 4.69) is 12.2 Å². The van der Waals surface area contributed by atoms with E-state index in [-0.39, 0.29) is 17.8 Å². The Bertz CT molecular complexity index is 737. The molecular formula is C23H28FNO. The van der Waals surface area contributed by atoms with Gasteiger partial charge < -0.3 is 5.32 Å². The number of benzene rings is 2. The molecule has 138 valence electrons. The van der Waals surface area contributed by atoms with E-state index in [1.165, 1.54) is 38.2 Å². The van der Waals surface area contributed by atoms with Crippen molar-refractivity contribution in [2.75, 3.05) is 0 Å². The van der Waals surface area contributed by atoms with E-state index in [0.717, 1.165) is 11.1 Å². The Morgan fingerprint density at radius 2 is 1.69 bits per heavy atom. The molecule has 0 aliphatic heterocycles. The molecule has 3 heteroatoms. The Hall–Kier alpha value is -2.16. The average molecular weight is 353 g/mol. The highest BCUT2D eigenvalue weighted by Gasteiger charge is 2.25. The van der Waals surface area contributed by atoms with Crippen molar-refractivity contribution in [2.45, 2.75) is 57.9 Å². The van der Waals surface area contributed by atoms with Gasteiger partial charge in [-0.1, -0.05) is 61.7 Å². The van der Waals surface area contributed by atoms with Gasteiger partial charge in [0, 0.05) is 6.04 Å². The molecule has 0 radical (unpaired) electrons. The van der Waals surface area contributed by atoms with Gasteiger partial charge in [-0.2, -0.15) is 0 Å². The summed E-state index contributed by atoms with van der Waals surface area (Å²) in [6.45, 7) is 3.86. The highest BCUT2D eigenvalue weighted by Crippen LogP contribution is 2.28. The van der Waals surface area contributed by atoms with Crippen LogP contribution in [0.3, 0.4) is 0 Å². The van der Waals surface area contributed by atoms with Crippen LogP contribution < -0.4 is 5.32 Å². The predicted molar refractivity (Wildman–Crippen MR) is 104 cm³/mol. The third-order valence-electron chi connectivity index (χ3n) is 5.69. The minimum absolute atomic E-state index is 0.0885. The summed E-state index contributed by atoms with van der Waals surface area (Å²) in [5.41, 5.74) is 2.26. The van der Waals surface area contributed by atoms with E-state index in [9.17, 15) is 9.18 Å². The Morgan fingerprint density at radius 3 is 2.35 bits per heavy atom. The van der Waals surface area contributed by atoms with Crippen LogP contribution in [0.25, 0.3) is 11.1 Å². The van der Waals surface area contributed by atoms with Gasteiger partial charge in [0.15, 0.2) is 0 Å². The monoisotopic (exact) mass is 353 g/mol. The molecule has 0 bridgehead atoms. The molecule has 1 saturated carbocycles. The second kappa shape index (κ2) is 8.48. The van der Waals surface area contributed by atoms with Crippen LogP contribution in [0.4, 0.5) is 4.39 Å². The second-order valence-corrected chi connectivity index (χ2v) is 7.52. The molecule has 26 heavy (non-hydrogen) atoms. The smallest absolute Gasteiger partial charge is 0.227 e. The Morgan fingerprint density at radius 1 is 1.00 bits per heavy atom. The standard InChI is InChI=1S/C23H28FNO/c1-16(23(26)25-17(2)18-9-5-3-6-10-18)21-14-13-20(15-22(21)24)19-11-7-4-8-12-19/h4,7-8,11-18H,3,5-6,9-10H2,1-2H3,(H,25,26)/t16?,17-/m1/s1. The minimum atomic E-state index is -0.495. The molecule has 1 amide bonds. The van der Waals surface area contributed by atoms with Crippen LogP contribution >= 0.6 is 0 Å². The van der Waals surface area contributed by atoms with E-state index >= 15 is 0 Å². The van der Waals surface area contributed by atoms with Crippen molar-refractivity contribution in [3.05, 3.63) is 59.9 Å². The van der Waals surface area contributed by atoms with E-state index < -0.39 is 5.92 Å². The molecule has 0 saturated heterocycles. The molecule has 1 aliphatic carbocycles. The first-order valence-corrected chi connectivity index (χ1v) is 9.71. The van der Waals surface area contributed by atoms with E-state index in [0.29, 0.717) is 11.5 Å².